The maximum absolute atomic E-state index is 14.6. The second-order valence-corrected chi connectivity index (χ2v) is 28.2. The fraction of sp³-hybridized carbons (Fsp3) is 0.759. The van der Waals surface area contributed by atoms with Crippen LogP contribution in [0.1, 0.15) is 171 Å². The molecule has 3 aliphatic carbocycles. The minimum absolute atomic E-state index is 0. The molecule has 2 atom stereocenters. The molecule has 0 aliphatic heterocycles. The van der Waals surface area contributed by atoms with Crippen molar-refractivity contribution in [2.45, 2.75) is 212 Å². The van der Waals surface area contributed by atoms with Crippen LogP contribution in [0.5, 0.6) is 0 Å². The Bertz CT molecular complexity index is 2650. The first-order chi connectivity index (χ1) is 38.1. The van der Waals surface area contributed by atoms with Gasteiger partial charge in [0.15, 0.2) is 22.9 Å². The number of rotatable bonds is 26. The highest BCUT2D eigenvalue weighted by Crippen LogP contribution is 2.43. The highest BCUT2D eigenvalue weighted by Gasteiger charge is 2.43. The van der Waals surface area contributed by atoms with Gasteiger partial charge in [0.05, 0.1) is 57.8 Å². The van der Waals surface area contributed by atoms with Crippen molar-refractivity contribution < 1.29 is 57.0 Å². The van der Waals surface area contributed by atoms with E-state index in [0.29, 0.717) is 67.1 Å². The molecule has 3 saturated carbocycles. The number of esters is 3. The Morgan fingerprint density at radius 2 is 0.939 bits per heavy atom. The van der Waals surface area contributed by atoms with Gasteiger partial charge in [0, 0.05) is 0 Å². The Balaban J connectivity index is 0.000000335. The molecular weight excluding hydrogens is 1120 g/mol. The fourth-order valence-electron chi connectivity index (χ4n) is 10.2. The molecule has 0 bridgehead atoms. The van der Waals surface area contributed by atoms with E-state index >= 15 is 0 Å². The molecule has 4 aromatic rings. The summed E-state index contributed by atoms with van der Waals surface area (Å²) in [5.74, 6) is 1.11. The number of nitrogens with two attached hydrogens (primary N) is 2. The number of alkyl halides is 1. The smallest absolute Gasteiger partial charge is 0.350 e. The van der Waals surface area contributed by atoms with Crippen LogP contribution in [0.25, 0.3) is 22.3 Å². The summed E-state index contributed by atoms with van der Waals surface area (Å²) in [6, 6.07) is 0. The number of hydrogen-bond donors (Lipinski definition) is 7. The number of nitrogens with one attached hydrogen (secondary N) is 2. The van der Waals surface area contributed by atoms with Crippen molar-refractivity contribution in [2.24, 2.45) is 17.8 Å². The molecule has 11 N–H and O–H groups in total. The molecule has 28 heteroatoms. The third-order valence-corrected chi connectivity index (χ3v) is 17.7. The van der Waals surface area contributed by atoms with E-state index in [2.05, 4.69) is 40.1 Å². The summed E-state index contributed by atoms with van der Waals surface area (Å²) in [5.41, 5.74) is 11.0. The minimum Gasteiger partial charge on any atom is -0.464 e. The largest absolute Gasteiger partial charge is 0.464 e. The molecule has 0 spiro atoms. The van der Waals surface area contributed by atoms with Crippen LogP contribution < -0.4 is 27.8 Å². The van der Waals surface area contributed by atoms with Gasteiger partial charge in [0.1, 0.15) is 52.3 Å². The first-order valence-electron chi connectivity index (χ1n) is 28.6. The van der Waals surface area contributed by atoms with E-state index in [1.165, 1.54) is 89.6 Å². The molecular formula is C54H94ClN13O12P2. The Labute approximate surface area is 488 Å². The van der Waals surface area contributed by atoms with E-state index < -0.39 is 61.5 Å². The van der Waals surface area contributed by atoms with E-state index in [1.807, 2.05) is 6.92 Å². The van der Waals surface area contributed by atoms with E-state index in [-0.39, 0.29) is 30.1 Å². The lowest BCUT2D eigenvalue weighted by Crippen LogP contribution is -2.54. The average Bonchev–Trinajstić information content (AvgIpc) is 4.03. The van der Waals surface area contributed by atoms with Crippen molar-refractivity contribution in [2.75, 3.05) is 44.0 Å². The standard InChI is InChI=1S/C33H56N7O6P.C12H21ClO2.C9H14N5O4P.H3N/c1-24(20-40-22-37-27-28(34)35-21-36-29(27)40)46-23-47(43,38-32(2,3)30(41)44-18-16-25-12-8-6-9-13-25)39-33(4,5)31(42)45-19-17-26-14-10-7-11-15-26;1-12(2,13)11(14)15-9-8-10-6-4-3-5-7-10;1-6(18-5-19(15,16)17)2-14-4-13-7-8(10)11-3-12-9(7)14;/h21-22,24-26H,6-20,23H2,1-5H3,(H2,34,35,36)(H2,38,39,43);10H,3-9H2,1-2H3;3-4,6H,2,5H2,1H3,(H2,10,11,12)(H2,15,16,17);1H3/t24-;;6-;/m1.1./s1. The van der Waals surface area contributed by atoms with E-state index in [0.717, 1.165) is 50.9 Å². The number of ether oxygens (including phenoxy) is 5. The van der Waals surface area contributed by atoms with Crippen molar-refractivity contribution in [1.29, 1.82) is 0 Å². The number of halogens is 1. The van der Waals surface area contributed by atoms with E-state index in [1.54, 1.807) is 63.9 Å². The van der Waals surface area contributed by atoms with Crippen molar-refractivity contribution in [3.05, 3.63) is 25.3 Å². The van der Waals surface area contributed by atoms with Crippen LogP contribution in [0.15, 0.2) is 25.3 Å². The molecule has 0 saturated heterocycles. The molecule has 4 aromatic heterocycles. The molecule has 25 nitrogen and oxygen atoms in total. The van der Waals surface area contributed by atoms with Gasteiger partial charge in [-0.25, -0.2) is 40.1 Å². The summed E-state index contributed by atoms with van der Waals surface area (Å²) >= 11 is 5.83. The van der Waals surface area contributed by atoms with Gasteiger partial charge in [-0.1, -0.05) is 96.3 Å². The lowest BCUT2D eigenvalue weighted by molar-refractivity contribution is -0.150. The quantitative estimate of drug-likeness (QED) is 0.0133. The lowest BCUT2D eigenvalue weighted by Gasteiger charge is -2.35. The average molecular weight is 1210 g/mol. The van der Waals surface area contributed by atoms with Crippen molar-refractivity contribution in [3.63, 3.8) is 0 Å². The Hall–Kier alpha value is -4.42. The van der Waals surface area contributed by atoms with Gasteiger partial charge in [-0.3, -0.25) is 23.5 Å². The van der Waals surface area contributed by atoms with Crippen LogP contribution in [-0.2, 0) is 60.3 Å². The SMILES string of the molecule is CC(C)(Cl)C(=O)OCCC1CCCCC1.C[C@H](Cn1cnc2c(N)ncnc21)OCP(=O)(NC(C)(C)C(=O)OCCC1CCCCC1)NC(C)(C)C(=O)OCCC1CCCCC1.C[C@H](Cn1cnc2c(N)ncnc21)OCP(=O)(O)O.N. The van der Waals surface area contributed by atoms with Crippen molar-refractivity contribution in [3.8, 4) is 0 Å². The normalized spacial score (nSPS) is 16.9. The molecule has 0 radical (unpaired) electrons. The summed E-state index contributed by atoms with van der Waals surface area (Å²) in [6.45, 7) is 15.2. The third-order valence-electron chi connectivity index (χ3n) is 14.7. The van der Waals surface area contributed by atoms with Crippen LogP contribution in [0.2, 0.25) is 0 Å². The van der Waals surface area contributed by atoms with Gasteiger partial charge in [-0.05, 0) is 92.4 Å². The zero-order valence-corrected chi connectivity index (χ0v) is 52.1. The number of carbonyl (C=O) groups is 3. The number of imidazole rings is 2. The number of anilines is 2. The molecule has 0 unspecified atom stereocenters. The summed E-state index contributed by atoms with van der Waals surface area (Å²) in [5, 5.41) is 6.02. The molecule has 464 valence electrons. The summed E-state index contributed by atoms with van der Waals surface area (Å²) in [4.78, 5) is 79.0. The number of aromatic nitrogens is 8. The summed E-state index contributed by atoms with van der Waals surface area (Å²) in [7, 11) is -7.94. The fourth-order valence-corrected chi connectivity index (χ4v) is 13.3. The Kier molecular flexibility index (Phi) is 28.0. The van der Waals surface area contributed by atoms with Gasteiger partial charge >= 0.3 is 25.5 Å². The van der Waals surface area contributed by atoms with Crippen LogP contribution in [0.3, 0.4) is 0 Å². The first-order valence-corrected chi connectivity index (χ1v) is 32.7. The maximum Gasteiger partial charge on any atom is 0.350 e. The predicted octanol–water partition coefficient (Wildman–Crippen LogP) is 9.36. The van der Waals surface area contributed by atoms with Crippen LogP contribution in [0.4, 0.5) is 11.6 Å². The van der Waals surface area contributed by atoms with Crippen LogP contribution in [-0.4, -0.2) is 127 Å². The summed E-state index contributed by atoms with van der Waals surface area (Å²) in [6.07, 6.45) is 25.4. The monoisotopic (exact) mass is 1210 g/mol. The number of nitrogens with zero attached hydrogens (tertiary/aromatic N) is 8. The maximum atomic E-state index is 14.6. The molecule has 3 aliphatic rings. The van der Waals surface area contributed by atoms with E-state index in [4.69, 9.17) is 56.5 Å². The topological polar surface area (TPSA) is 370 Å². The van der Waals surface area contributed by atoms with Gasteiger partial charge < -0.3 is 60.2 Å². The van der Waals surface area contributed by atoms with Crippen LogP contribution in [0, 0.1) is 17.8 Å². The summed E-state index contributed by atoms with van der Waals surface area (Å²) < 4.78 is 56.5. The number of carbonyl (C=O) groups excluding carboxylic acids is 3. The number of hydrogen-bond acceptors (Lipinski definition) is 19. The molecule has 7 rings (SSSR count). The van der Waals surface area contributed by atoms with E-state index in [9.17, 15) is 23.5 Å². The predicted molar refractivity (Wildman–Crippen MR) is 316 cm³/mol. The second kappa shape index (κ2) is 32.7. The lowest BCUT2D eigenvalue weighted by atomic mass is 9.87. The highest BCUT2D eigenvalue weighted by atomic mass is 35.5. The Morgan fingerprint density at radius 3 is 1.28 bits per heavy atom. The highest BCUT2D eigenvalue weighted by molar-refractivity contribution is 7.59. The number of nitrogen functional groups attached to an aromatic ring is 2. The molecule has 82 heavy (non-hydrogen) atoms. The van der Waals surface area contributed by atoms with Crippen molar-refractivity contribution in [1.82, 2.24) is 55.4 Å². The minimum atomic E-state index is -4.16. The van der Waals surface area contributed by atoms with Gasteiger partial charge in [-0.2, -0.15) is 0 Å². The molecule has 0 aromatic carbocycles. The second-order valence-electron chi connectivity index (χ2n) is 23.5. The molecule has 3 fully saturated rings. The Morgan fingerprint density at radius 1 is 0.598 bits per heavy atom. The van der Waals surface area contributed by atoms with Crippen molar-refractivity contribution >= 4 is 78.5 Å². The zero-order chi connectivity index (χ0) is 59.4. The van der Waals surface area contributed by atoms with Gasteiger partial charge in [0.2, 0.25) is 7.44 Å². The van der Waals surface area contributed by atoms with Gasteiger partial charge in [0.25, 0.3) is 0 Å². The molecule has 4 heterocycles. The third kappa shape index (κ3) is 23.6. The first kappa shape index (κ1) is 70.1. The van der Waals surface area contributed by atoms with Gasteiger partial charge in [-0.15, -0.1) is 11.6 Å². The van der Waals surface area contributed by atoms with Crippen LogP contribution >= 0.6 is 26.6 Å². The zero-order valence-electron chi connectivity index (χ0n) is 49.6. The molecule has 0 amide bonds. The number of fused-ring (bicyclic) bond motifs is 2.